The number of nitrogens with one attached hydrogen (secondary N) is 2. The lowest BCUT2D eigenvalue weighted by molar-refractivity contribution is 0.102. The van der Waals surface area contributed by atoms with Gasteiger partial charge in [-0.3, -0.25) is 4.79 Å². The molecule has 1 amide bonds. The third kappa shape index (κ3) is 4.96. The summed E-state index contributed by atoms with van der Waals surface area (Å²) >= 11 is 6.04. The number of benzene rings is 3. The molecule has 0 saturated carbocycles. The molecule has 0 bridgehead atoms. The van der Waals surface area contributed by atoms with Crippen LogP contribution in [0.5, 0.6) is 5.75 Å². The number of carbonyl (C=O) groups excluding carboxylic acids is 1. The van der Waals surface area contributed by atoms with Crippen LogP contribution >= 0.6 is 11.6 Å². The van der Waals surface area contributed by atoms with Crippen molar-refractivity contribution in [2.45, 2.75) is 11.4 Å². The van der Waals surface area contributed by atoms with Gasteiger partial charge in [0.15, 0.2) is 0 Å². The maximum absolute atomic E-state index is 14.3. The fraction of sp³-hybridized carbons (Fsp3) is 0.0952. The lowest BCUT2D eigenvalue weighted by atomic mass is 10.2. The number of halogens is 2. The predicted molar refractivity (Wildman–Crippen MR) is 113 cm³/mol. The summed E-state index contributed by atoms with van der Waals surface area (Å²) in [6.07, 6.45) is 0. The van der Waals surface area contributed by atoms with Crippen LogP contribution in [0.25, 0.3) is 0 Å². The first-order valence-corrected chi connectivity index (χ1v) is 10.6. The molecule has 0 aliphatic carbocycles. The van der Waals surface area contributed by atoms with Gasteiger partial charge in [0.05, 0.1) is 23.3 Å². The minimum atomic E-state index is -4.01. The zero-order valence-electron chi connectivity index (χ0n) is 15.9. The molecule has 30 heavy (non-hydrogen) atoms. The van der Waals surface area contributed by atoms with Crippen molar-refractivity contribution in [1.82, 2.24) is 4.72 Å². The summed E-state index contributed by atoms with van der Waals surface area (Å²) in [5.74, 6) is -1.27. The van der Waals surface area contributed by atoms with Crippen molar-refractivity contribution in [2.75, 3.05) is 12.4 Å². The molecule has 0 radical (unpaired) electrons. The Morgan fingerprint density at radius 2 is 1.77 bits per heavy atom. The van der Waals surface area contributed by atoms with Gasteiger partial charge in [0.2, 0.25) is 10.0 Å². The van der Waals surface area contributed by atoms with Crippen LogP contribution in [0.4, 0.5) is 10.1 Å². The van der Waals surface area contributed by atoms with Crippen molar-refractivity contribution in [3.63, 3.8) is 0 Å². The van der Waals surface area contributed by atoms with Crippen LogP contribution in [0.2, 0.25) is 5.02 Å². The molecule has 0 heterocycles. The maximum atomic E-state index is 14.3. The molecule has 0 fully saturated rings. The Labute approximate surface area is 178 Å². The monoisotopic (exact) mass is 448 g/mol. The Morgan fingerprint density at radius 3 is 2.50 bits per heavy atom. The quantitative estimate of drug-likeness (QED) is 0.566. The van der Waals surface area contributed by atoms with Crippen molar-refractivity contribution in [3.05, 3.63) is 88.7 Å². The van der Waals surface area contributed by atoms with Crippen molar-refractivity contribution in [3.8, 4) is 5.75 Å². The van der Waals surface area contributed by atoms with Gasteiger partial charge in [-0.1, -0.05) is 41.9 Å². The Hall–Kier alpha value is -2.94. The number of para-hydroxylation sites is 2. The van der Waals surface area contributed by atoms with Crippen molar-refractivity contribution in [1.29, 1.82) is 0 Å². The van der Waals surface area contributed by atoms with Crippen molar-refractivity contribution in [2.24, 2.45) is 0 Å². The average molecular weight is 449 g/mol. The fourth-order valence-electron chi connectivity index (χ4n) is 2.68. The molecule has 0 unspecified atom stereocenters. The fourth-order valence-corrected chi connectivity index (χ4v) is 3.92. The zero-order valence-corrected chi connectivity index (χ0v) is 17.4. The third-order valence-corrected chi connectivity index (χ3v) is 6.03. The Bertz CT molecular complexity index is 1190. The average Bonchev–Trinajstić information content (AvgIpc) is 2.73. The van der Waals surface area contributed by atoms with E-state index in [1.807, 2.05) is 0 Å². The number of carbonyl (C=O) groups is 1. The summed E-state index contributed by atoms with van der Waals surface area (Å²) < 4.78 is 47.1. The second-order valence-electron chi connectivity index (χ2n) is 6.21. The largest absolute Gasteiger partial charge is 0.495 e. The van der Waals surface area contributed by atoms with E-state index in [0.717, 1.165) is 18.2 Å². The molecule has 3 aromatic rings. The molecule has 9 heteroatoms. The SMILES string of the molecule is COc1ccccc1NC(=O)c1cc(S(=O)(=O)NCc2ccccc2Cl)ccc1F. The third-order valence-electron chi connectivity index (χ3n) is 4.26. The highest BCUT2D eigenvalue weighted by Crippen LogP contribution is 2.25. The van der Waals surface area contributed by atoms with Gasteiger partial charge in [0.1, 0.15) is 11.6 Å². The van der Waals surface area contributed by atoms with E-state index in [9.17, 15) is 17.6 Å². The summed E-state index contributed by atoms with van der Waals surface area (Å²) in [6.45, 7) is -0.0534. The number of sulfonamides is 1. The van der Waals surface area contributed by atoms with Crippen LogP contribution in [-0.4, -0.2) is 21.4 Å². The molecular weight excluding hydrogens is 431 g/mol. The Morgan fingerprint density at radius 1 is 1.07 bits per heavy atom. The van der Waals surface area contributed by atoms with Crippen LogP contribution in [0, 0.1) is 5.82 Å². The topological polar surface area (TPSA) is 84.5 Å². The van der Waals surface area contributed by atoms with E-state index in [2.05, 4.69) is 10.0 Å². The van der Waals surface area contributed by atoms with Crippen LogP contribution in [0.1, 0.15) is 15.9 Å². The van der Waals surface area contributed by atoms with Gasteiger partial charge in [-0.2, -0.15) is 0 Å². The molecule has 0 aliphatic rings. The number of hydrogen-bond acceptors (Lipinski definition) is 4. The van der Waals surface area contributed by atoms with Crippen LogP contribution in [-0.2, 0) is 16.6 Å². The second kappa shape index (κ2) is 9.25. The molecule has 0 aliphatic heterocycles. The molecule has 3 aromatic carbocycles. The van der Waals surface area contributed by atoms with Gasteiger partial charge >= 0.3 is 0 Å². The van der Waals surface area contributed by atoms with Crippen molar-refractivity contribution < 1.29 is 22.3 Å². The van der Waals surface area contributed by atoms with E-state index in [1.165, 1.54) is 7.11 Å². The zero-order chi connectivity index (χ0) is 21.7. The number of hydrogen-bond donors (Lipinski definition) is 2. The smallest absolute Gasteiger partial charge is 0.258 e. The number of amides is 1. The van der Waals surface area contributed by atoms with E-state index in [4.69, 9.17) is 16.3 Å². The summed E-state index contributed by atoms with van der Waals surface area (Å²) in [5.41, 5.74) is 0.495. The first-order valence-electron chi connectivity index (χ1n) is 8.79. The molecule has 0 saturated heterocycles. The second-order valence-corrected chi connectivity index (χ2v) is 8.39. The van der Waals surface area contributed by atoms with Gasteiger partial charge in [0, 0.05) is 11.6 Å². The number of rotatable bonds is 7. The van der Waals surface area contributed by atoms with E-state index in [0.29, 0.717) is 22.0 Å². The number of methoxy groups -OCH3 is 1. The highest BCUT2D eigenvalue weighted by Gasteiger charge is 2.20. The molecule has 2 N–H and O–H groups in total. The minimum absolute atomic E-state index is 0.0534. The normalized spacial score (nSPS) is 11.2. The predicted octanol–water partition coefficient (Wildman–Crippen LogP) is 4.22. The van der Waals surface area contributed by atoms with Gasteiger partial charge in [-0.05, 0) is 42.0 Å². The Balaban J connectivity index is 1.83. The van der Waals surface area contributed by atoms with Gasteiger partial charge < -0.3 is 10.1 Å². The summed E-state index contributed by atoms with van der Waals surface area (Å²) in [7, 11) is -2.58. The van der Waals surface area contributed by atoms with Gasteiger partial charge in [0.25, 0.3) is 5.91 Å². The minimum Gasteiger partial charge on any atom is -0.495 e. The highest BCUT2D eigenvalue weighted by molar-refractivity contribution is 7.89. The van der Waals surface area contributed by atoms with E-state index in [1.54, 1.807) is 48.5 Å². The van der Waals surface area contributed by atoms with Crippen LogP contribution in [0.3, 0.4) is 0 Å². The van der Waals surface area contributed by atoms with Crippen molar-refractivity contribution >= 4 is 33.2 Å². The number of ether oxygens (including phenoxy) is 1. The lowest BCUT2D eigenvalue weighted by Crippen LogP contribution is -2.24. The van der Waals surface area contributed by atoms with Gasteiger partial charge in [-0.25, -0.2) is 17.5 Å². The molecule has 156 valence electrons. The lowest BCUT2D eigenvalue weighted by Gasteiger charge is -2.12. The molecular formula is C21H18ClFN2O4S. The first-order chi connectivity index (χ1) is 14.3. The summed E-state index contributed by atoms with van der Waals surface area (Å²) in [5, 5.41) is 2.94. The molecule has 0 aromatic heterocycles. The number of anilines is 1. The van der Waals surface area contributed by atoms with Crippen LogP contribution in [0.15, 0.2) is 71.6 Å². The maximum Gasteiger partial charge on any atom is 0.258 e. The molecule has 3 rings (SSSR count). The standard InChI is InChI=1S/C21H18ClFN2O4S/c1-29-20-9-5-4-8-19(20)25-21(26)16-12-15(10-11-18(16)23)30(27,28)24-13-14-6-2-3-7-17(14)22/h2-12,24H,13H2,1H3,(H,25,26). The van der Waals surface area contributed by atoms with E-state index in [-0.39, 0.29) is 11.4 Å². The van der Waals surface area contributed by atoms with E-state index >= 15 is 0 Å². The molecule has 0 spiro atoms. The summed E-state index contributed by atoms with van der Waals surface area (Å²) in [4.78, 5) is 12.3. The summed E-state index contributed by atoms with van der Waals surface area (Å²) in [6, 6.07) is 16.4. The first kappa shape index (κ1) is 21.8. The highest BCUT2D eigenvalue weighted by atomic mass is 35.5. The molecule has 0 atom stereocenters. The Kier molecular flexibility index (Phi) is 6.71. The van der Waals surface area contributed by atoms with Crippen LogP contribution < -0.4 is 14.8 Å². The van der Waals surface area contributed by atoms with E-state index < -0.39 is 27.3 Å². The van der Waals surface area contributed by atoms with Gasteiger partial charge in [-0.15, -0.1) is 0 Å². The molecule has 6 nitrogen and oxygen atoms in total.